The average molecular weight is 224 g/mol. The first-order valence-corrected chi connectivity index (χ1v) is 5.68. The van der Waals surface area contributed by atoms with Gasteiger partial charge in [0.05, 0.1) is 5.75 Å². The summed E-state index contributed by atoms with van der Waals surface area (Å²) < 4.78 is 0. The lowest BCUT2D eigenvalue weighted by Gasteiger charge is -2.10. The number of nitrogens with two attached hydrogens (primary N) is 1. The van der Waals surface area contributed by atoms with Gasteiger partial charge in [0.15, 0.2) is 0 Å². The Morgan fingerprint density at radius 3 is 2.67 bits per heavy atom. The van der Waals surface area contributed by atoms with E-state index in [4.69, 9.17) is 5.73 Å². The van der Waals surface area contributed by atoms with E-state index < -0.39 is 0 Å². The van der Waals surface area contributed by atoms with Gasteiger partial charge in [-0.25, -0.2) is 0 Å². The smallest absolute Gasteiger partial charge is 0.232 e. The van der Waals surface area contributed by atoms with E-state index in [1.807, 2.05) is 25.1 Å². The van der Waals surface area contributed by atoms with Crippen LogP contribution in [-0.2, 0) is 4.79 Å². The van der Waals surface area contributed by atoms with E-state index in [0.717, 1.165) is 16.1 Å². The Bertz CT molecular complexity index is 364. The number of hydrogen-bond acceptors (Lipinski definition) is 3. The van der Waals surface area contributed by atoms with E-state index in [0.29, 0.717) is 5.75 Å². The molecule has 0 aliphatic heterocycles. The fourth-order valence-electron chi connectivity index (χ4n) is 1.07. The first-order valence-electron chi connectivity index (χ1n) is 4.70. The molecule has 0 saturated heterocycles. The van der Waals surface area contributed by atoms with Crippen LogP contribution >= 0.6 is 11.8 Å². The quantitative estimate of drug-likeness (QED) is 0.628. The number of aryl methyl sites for hydroxylation is 1. The summed E-state index contributed by atoms with van der Waals surface area (Å²) in [5, 5.41) is 0. The highest BCUT2D eigenvalue weighted by atomic mass is 32.2. The van der Waals surface area contributed by atoms with Crippen molar-refractivity contribution >= 4 is 23.4 Å². The molecular formula is C11H16N2OS. The first-order chi connectivity index (χ1) is 7.00. The summed E-state index contributed by atoms with van der Waals surface area (Å²) in [5.74, 6) is 0.528. The zero-order valence-corrected chi connectivity index (χ0v) is 10.1. The van der Waals surface area contributed by atoms with Crippen molar-refractivity contribution in [3.05, 3.63) is 23.8 Å². The molecule has 2 N–H and O–H groups in total. The Morgan fingerprint density at radius 2 is 2.13 bits per heavy atom. The lowest BCUT2D eigenvalue weighted by Crippen LogP contribution is -2.23. The van der Waals surface area contributed by atoms with Gasteiger partial charge >= 0.3 is 0 Å². The molecule has 82 valence electrons. The van der Waals surface area contributed by atoms with Crippen LogP contribution in [0.1, 0.15) is 5.56 Å². The van der Waals surface area contributed by atoms with Crippen molar-refractivity contribution in [2.24, 2.45) is 0 Å². The van der Waals surface area contributed by atoms with Gasteiger partial charge in [-0.1, -0.05) is 6.07 Å². The zero-order chi connectivity index (χ0) is 11.4. The van der Waals surface area contributed by atoms with Crippen molar-refractivity contribution in [1.82, 2.24) is 4.90 Å². The van der Waals surface area contributed by atoms with Crippen molar-refractivity contribution in [2.45, 2.75) is 11.8 Å². The molecule has 4 heteroatoms. The number of carbonyl (C=O) groups is 1. The maximum atomic E-state index is 11.4. The lowest BCUT2D eigenvalue weighted by atomic mass is 10.2. The third-order valence-electron chi connectivity index (χ3n) is 2.02. The number of thioether (sulfide) groups is 1. The number of benzene rings is 1. The van der Waals surface area contributed by atoms with E-state index in [1.54, 1.807) is 19.0 Å². The highest BCUT2D eigenvalue weighted by Crippen LogP contribution is 2.25. The summed E-state index contributed by atoms with van der Waals surface area (Å²) in [5.41, 5.74) is 7.72. The van der Waals surface area contributed by atoms with Crippen LogP contribution in [0.4, 0.5) is 5.69 Å². The van der Waals surface area contributed by atoms with Gasteiger partial charge in [-0.2, -0.15) is 0 Å². The summed E-state index contributed by atoms with van der Waals surface area (Å²) >= 11 is 1.48. The molecule has 1 rings (SSSR count). The highest BCUT2D eigenvalue weighted by molar-refractivity contribution is 8.00. The minimum atomic E-state index is 0.0972. The topological polar surface area (TPSA) is 46.3 Å². The Kier molecular flexibility index (Phi) is 4.03. The predicted octanol–water partition coefficient (Wildman–Crippen LogP) is 1.76. The minimum Gasteiger partial charge on any atom is -0.398 e. The molecule has 0 unspecified atom stereocenters. The number of nitrogens with zero attached hydrogens (tertiary/aromatic N) is 1. The van der Waals surface area contributed by atoms with Crippen molar-refractivity contribution in [1.29, 1.82) is 0 Å². The number of anilines is 1. The molecule has 0 bridgehead atoms. The number of carbonyl (C=O) groups excluding carboxylic acids is 1. The number of nitrogen functional groups attached to an aromatic ring is 1. The molecule has 1 amide bonds. The van der Waals surface area contributed by atoms with E-state index in [-0.39, 0.29) is 5.91 Å². The Labute approximate surface area is 94.6 Å². The molecule has 0 aromatic heterocycles. The second-order valence-corrected chi connectivity index (χ2v) is 4.64. The normalized spacial score (nSPS) is 10.1. The van der Waals surface area contributed by atoms with Crippen LogP contribution < -0.4 is 5.73 Å². The van der Waals surface area contributed by atoms with Gasteiger partial charge in [-0.05, 0) is 24.6 Å². The SMILES string of the molecule is Cc1ccc(SCC(=O)N(C)C)c(N)c1. The Hall–Kier alpha value is -1.16. The van der Waals surface area contributed by atoms with Crippen molar-refractivity contribution in [3.8, 4) is 0 Å². The van der Waals surface area contributed by atoms with Gasteiger partial charge in [0.1, 0.15) is 0 Å². The van der Waals surface area contributed by atoms with Crippen LogP contribution in [0.5, 0.6) is 0 Å². The van der Waals surface area contributed by atoms with E-state index in [1.165, 1.54) is 11.8 Å². The summed E-state index contributed by atoms with van der Waals surface area (Å²) in [6, 6.07) is 5.87. The van der Waals surface area contributed by atoms with Crippen LogP contribution in [-0.4, -0.2) is 30.7 Å². The second kappa shape index (κ2) is 5.07. The zero-order valence-electron chi connectivity index (χ0n) is 9.28. The van der Waals surface area contributed by atoms with Crippen LogP contribution in [0.25, 0.3) is 0 Å². The summed E-state index contributed by atoms with van der Waals surface area (Å²) in [6.07, 6.45) is 0. The molecule has 3 nitrogen and oxygen atoms in total. The molecular weight excluding hydrogens is 208 g/mol. The largest absolute Gasteiger partial charge is 0.398 e. The number of hydrogen-bond donors (Lipinski definition) is 1. The predicted molar refractivity (Wildman–Crippen MR) is 65.0 cm³/mol. The van der Waals surface area contributed by atoms with Crippen molar-refractivity contribution in [2.75, 3.05) is 25.6 Å². The molecule has 15 heavy (non-hydrogen) atoms. The van der Waals surface area contributed by atoms with Gasteiger partial charge in [-0.3, -0.25) is 4.79 Å². The first kappa shape index (κ1) is 11.9. The summed E-state index contributed by atoms with van der Waals surface area (Å²) in [6.45, 7) is 2.00. The van der Waals surface area contributed by atoms with Gasteiger partial charge in [0.25, 0.3) is 0 Å². The monoisotopic (exact) mass is 224 g/mol. The Balaban J connectivity index is 2.62. The van der Waals surface area contributed by atoms with Gasteiger partial charge in [0.2, 0.25) is 5.91 Å². The molecule has 0 atom stereocenters. The molecule has 1 aromatic rings. The van der Waals surface area contributed by atoms with E-state index in [2.05, 4.69) is 0 Å². The van der Waals surface area contributed by atoms with Crippen molar-refractivity contribution < 1.29 is 4.79 Å². The second-order valence-electron chi connectivity index (χ2n) is 3.62. The highest BCUT2D eigenvalue weighted by Gasteiger charge is 2.06. The van der Waals surface area contributed by atoms with Gasteiger partial charge in [0, 0.05) is 24.7 Å². The number of rotatable bonds is 3. The molecule has 0 heterocycles. The number of amides is 1. The molecule has 0 aliphatic carbocycles. The average Bonchev–Trinajstić information content (AvgIpc) is 2.15. The molecule has 0 saturated carbocycles. The summed E-state index contributed by atoms with van der Waals surface area (Å²) in [4.78, 5) is 13.9. The minimum absolute atomic E-state index is 0.0972. The standard InChI is InChI=1S/C11H16N2OS/c1-8-4-5-10(9(12)6-8)15-7-11(14)13(2)3/h4-6H,7,12H2,1-3H3. The van der Waals surface area contributed by atoms with Gasteiger partial charge < -0.3 is 10.6 Å². The molecule has 0 fully saturated rings. The van der Waals surface area contributed by atoms with Gasteiger partial charge in [-0.15, -0.1) is 11.8 Å². The van der Waals surface area contributed by atoms with Crippen LogP contribution in [0.15, 0.2) is 23.1 Å². The van der Waals surface area contributed by atoms with Crippen molar-refractivity contribution in [3.63, 3.8) is 0 Å². The molecule has 1 aromatic carbocycles. The van der Waals surface area contributed by atoms with Crippen LogP contribution in [0.3, 0.4) is 0 Å². The third kappa shape index (κ3) is 3.47. The van der Waals surface area contributed by atoms with Crippen LogP contribution in [0.2, 0.25) is 0 Å². The maximum absolute atomic E-state index is 11.4. The molecule has 0 radical (unpaired) electrons. The fourth-order valence-corrected chi connectivity index (χ4v) is 1.99. The summed E-state index contributed by atoms with van der Waals surface area (Å²) in [7, 11) is 3.50. The molecule has 0 aliphatic rings. The maximum Gasteiger partial charge on any atom is 0.232 e. The lowest BCUT2D eigenvalue weighted by molar-refractivity contribution is -0.125. The molecule has 0 spiro atoms. The van der Waals surface area contributed by atoms with E-state index >= 15 is 0 Å². The van der Waals surface area contributed by atoms with Crippen LogP contribution in [0, 0.1) is 6.92 Å². The Morgan fingerprint density at radius 1 is 1.47 bits per heavy atom. The fraction of sp³-hybridized carbons (Fsp3) is 0.364. The third-order valence-corrected chi connectivity index (χ3v) is 3.09. The van der Waals surface area contributed by atoms with E-state index in [9.17, 15) is 4.79 Å².